The highest BCUT2D eigenvalue weighted by Gasteiger charge is 2.14. The molecule has 0 aliphatic rings. The summed E-state index contributed by atoms with van der Waals surface area (Å²) in [6, 6.07) is 32.5. The van der Waals surface area contributed by atoms with Crippen LogP contribution in [0.3, 0.4) is 0 Å². The summed E-state index contributed by atoms with van der Waals surface area (Å²) < 4.78 is 3.27. The van der Waals surface area contributed by atoms with Gasteiger partial charge in [-0.2, -0.15) is 0 Å². The van der Waals surface area contributed by atoms with Crippen molar-refractivity contribution in [3.8, 4) is 0 Å². The zero-order chi connectivity index (χ0) is 22.2. The molecular weight excluding hydrogens is 460 g/mol. The van der Waals surface area contributed by atoms with E-state index in [2.05, 4.69) is 69.2 Å². The summed E-state index contributed by atoms with van der Waals surface area (Å²) in [5.41, 5.74) is 4.44. The van der Waals surface area contributed by atoms with E-state index in [-0.39, 0.29) is 5.91 Å². The van der Waals surface area contributed by atoms with Gasteiger partial charge in [-0.05, 0) is 47.0 Å². The lowest BCUT2D eigenvalue weighted by molar-refractivity contribution is -0.127. The summed E-state index contributed by atoms with van der Waals surface area (Å²) in [4.78, 5) is 15.1. The Labute approximate surface area is 197 Å². The average Bonchev–Trinajstić information content (AvgIpc) is 3.26. The van der Waals surface area contributed by atoms with Gasteiger partial charge in [-0.1, -0.05) is 88.7 Å². The predicted molar refractivity (Wildman–Crippen MR) is 134 cm³/mol. The lowest BCUT2D eigenvalue weighted by Crippen LogP contribution is -2.29. The molecule has 1 heterocycles. The van der Waals surface area contributed by atoms with Gasteiger partial charge in [-0.25, -0.2) is 0 Å². The lowest BCUT2D eigenvalue weighted by Gasteiger charge is -2.23. The summed E-state index contributed by atoms with van der Waals surface area (Å²) in [6.45, 7) is 1.86. The van der Waals surface area contributed by atoms with E-state index in [0.717, 1.165) is 27.8 Å². The van der Waals surface area contributed by atoms with E-state index in [1.165, 1.54) is 5.56 Å². The summed E-state index contributed by atoms with van der Waals surface area (Å²) in [6.07, 6.45) is 5.61. The van der Waals surface area contributed by atoms with Crippen molar-refractivity contribution < 1.29 is 4.79 Å². The van der Waals surface area contributed by atoms with E-state index < -0.39 is 0 Å². The number of halogens is 1. The molecule has 4 rings (SSSR count). The number of rotatable bonds is 8. The van der Waals surface area contributed by atoms with Gasteiger partial charge in [0.15, 0.2) is 0 Å². The highest BCUT2D eigenvalue weighted by Crippen LogP contribution is 2.16. The molecule has 1 amide bonds. The first-order chi connectivity index (χ1) is 15.7. The van der Waals surface area contributed by atoms with Gasteiger partial charge in [0, 0.05) is 35.5 Å². The Bertz CT molecular complexity index is 1170. The van der Waals surface area contributed by atoms with Gasteiger partial charge in [-0.15, -0.1) is 0 Å². The molecule has 0 atom stereocenters. The largest absolute Gasteiger partial charge is 0.345 e. The quantitative estimate of drug-likeness (QED) is 0.260. The Hall–Kier alpha value is -3.37. The first-order valence-corrected chi connectivity index (χ1v) is 11.4. The fourth-order valence-electron chi connectivity index (χ4n) is 3.58. The molecule has 3 nitrogen and oxygen atoms in total. The lowest BCUT2D eigenvalue weighted by atomic mass is 10.2. The maximum Gasteiger partial charge on any atom is 0.247 e. The molecule has 0 aliphatic heterocycles. The summed E-state index contributed by atoms with van der Waals surface area (Å²) in [5.74, 6) is -0.00546. The number of carbonyl (C=O) groups is 1. The second kappa shape index (κ2) is 10.8. The van der Waals surface area contributed by atoms with Crippen molar-refractivity contribution in [1.29, 1.82) is 0 Å². The Kier molecular flexibility index (Phi) is 7.36. The van der Waals surface area contributed by atoms with Crippen molar-refractivity contribution in [3.05, 3.63) is 136 Å². The van der Waals surface area contributed by atoms with E-state index in [1.807, 2.05) is 65.6 Å². The van der Waals surface area contributed by atoms with Crippen molar-refractivity contribution in [2.75, 3.05) is 0 Å². The number of nitrogens with zero attached hydrogens (tertiary/aromatic N) is 2. The second-order valence-corrected chi connectivity index (χ2v) is 8.59. The average molecular weight is 485 g/mol. The van der Waals surface area contributed by atoms with Crippen molar-refractivity contribution in [3.63, 3.8) is 0 Å². The smallest absolute Gasteiger partial charge is 0.247 e. The number of benzene rings is 3. The molecule has 0 bridgehead atoms. The minimum atomic E-state index is -0.00546. The zero-order valence-electron chi connectivity index (χ0n) is 17.8. The van der Waals surface area contributed by atoms with Crippen LogP contribution in [0, 0.1) is 0 Å². The van der Waals surface area contributed by atoms with Crippen LogP contribution in [0.1, 0.15) is 22.4 Å². The summed E-state index contributed by atoms with van der Waals surface area (Å²) >= 11 is 3.49. The number of aromatic nitrogens is 1. The molecule has 32 heavy (non-hydrogen) atoms. The van der Waals surface area contributed by atoms with Crippen LogP contribution in [0.25, 0.3) is 6.08 Å². The van der Waals surface area contributed by atoms with Crippen LogP contribution < -0.4 is 0 Å². The van der Waals surface area contributed by atoms with E-state index in [4.69, 9.17) is 0 Å². The van der Waals surface area contributed by atoms with E-state index >= 15 is 0 Å². The van der Waals surface area contributed by atoms with Gasteiger partial charge in [-0.3, -0.25) is 4.79 Å². The number of carbonyl (C=O) groups excluding carboxylic acids is 1. The first-order valence-electron chi connectivity index (χ1n) is 10.6. The van der Waals surface area contributed by atoms with Crippen LogP contribution in [0.5, 0.6) is 0 Å². The van der Waals surface area contributed by atoms with Crippen LogP contribution >= 0.6 is 15.9 Å². The monoisotopic (exact) mass is 484 g/mol. The van der Waals surface area contributed by atoms with Crippen LogP contribution in [-0.2, 0) is 24.4 Å². The van der Waals surface area contributed by atoms with Gasteiger partial charge in [0.2, 0.25) is 5.91 Å². The highest BCUT2D eigenvalue weighted by atomic mass is 79.9. The van der Waals surface area contributed by atoms with Crippen molar-refractivity contribution in [2.24, 2.45) is 0 Å². The van der Waals surface area contributed by atoms with E-state index in [1.54, 1.807) is 6.08 Å². The molecule has 0 unspecified atom stereocenters. The molecule has 4 heteroatoms. The zero-order valence-corrected chi connectivity index (χ0v) is 19.4. The van der Waals surface area contributed by atoms with Crippen molar-refractivity contribution in [1.82, 2.24) is 9.47 Å². The predicted octanol–water partition coefficient (Wildman–Crippen LogP) is 6.54. The van der Waals surface area contributed by atoms with Gasteiger partial charge < -0.3 is 9.47 Å². The van der Waals surface area contributed by atoms with Gasteiger partial charge in [0.25, 0.3) is 0 Å². The highest BCUT2D eigenvalue weighted by molar-refractivity contribution is 9.10. The molecule has 0 saturated heterocycles. The summed E-state index contributed by atoms with van der Waals surface area (Å²) in [5, 5.41) is 0. The maximum absolute atomic E-state index is 13.2. The SMILES string of the molecule is O=C(/C=C/c1ccccc1)N(Cc1ccccc1)Cc1cccn1Cc1ccc(Br)cc1. The Morgan fingerprint density at radius 3 is 2.19 bits per heavy atom. The topological polar surface area (TPSA) is 25.2 Å². The Morgan fingerprint density at radius 1 is 0.781 bits per heavy atom. The van der Waals surface area contributed by atoms with Crippen molar-refractivity contribution >= 4 is 27.9 Å². The third kappa shape index (κ3) is 6.08. The van der Waals surface area contributed by atoms with E-state index in [9.17, 15) is 4.79 Å². The third-order valence-electron chi connectivity index (χ3n) is 5.29. The molecule has 3 aromatic carbocycles. The van der Waals surface area contributed by atoms with Crippen LogP contribution in [0.2, 0.25) is 0 Å². The molecule has 0 aliphatic carbocycles. The number of amides is 1. The van der Waals surface area contributed by atoms with E-state index in [0.29, 0.717) is 13.1 Å². The molecule has 0 N–H and O–H groups in total. The fraction of sp³-hybridized carbons (Fsp3) is 0.107. The van der Waals surface area contributed by atoms with Crippen LogP contribution in [0.4, 0.5) is 0 Å². The fourth-order valence-corrected chi connectivity index (χ4v) is 3.85. The minimum Gasteiger partial charge on any atom is -0.345 e. The van der Waals surface area contributed by atoms with Gasteiger partial charge in [0.1, 0.15) is 0 Å². The minimum absolute atomic E-state index is 0.00546. The molecule has 1 aromatic heterocycles. The number of hydrogen-bond acceptors (Lipinski definition) is 1. The molecule has 0 radical (unpaired) electrons. The van der Waals surface area contributed by atoms with Crippen LogP contribution in [-0.4, -0.2) is 15.4 Å². The maximum atomic E-state index is 13.2. The second-order valence-electron chi connectivity index (χ2n) is 7.68. The Balaban J connectivity index is 1.54. The molecule has 0 saturated carbocycles. The third-order valence-corrected chi connectivity index (χ3v) is 5.82. The molecule has 0 fully saturated rings. The van der Waals surface area contributed by atoms with Crippen LogP contribution in [0.15, 0.2) is 114 Å². The number of hydrogen-bond donors (Lipinski definition) is 0. The molecule has 4 aromatic rings. The van der Waals surface area contributed by atoms with Gasteiger partial charge in [0.05, 0.1) is 6.54 Å². The molecule has 0 spiro atoms. The Morgan fingerprint density at radius 2 is 1.47 bits per heavy atom. The van der Waals surface area contributed by atoms with Gasteiger partial charge >= 0.3 is 0 Å². The summed E-state index contributed by atoms with van der Waals surface area (Å²) in [7, 11) is 0. The molecular formula is C28H25BrN2O. The molecule has 160 valence electrons. The standard InChI is InChI=1S/C28H25BrN2O/c29-26-16-13-25(14-17-26)20-30-19-7-12-27(30)22-31(21-24-10-5-2-6-11-24)28(32)18-15-23-8-3-1-4-9-23/h1-19H,20-22H2/b18-15+. The normalized spacial score (nSPS) is 11.0. The first kappa shape index (κ1) is 21.8. The van der Waals surface area contributed by atoms with Crippen molar-refractivity contribution in [2.45, 2.75) is 19.6 Å².